The van der Waals surface area contributed by atoms with E-state index < -0.39 is 31.3 Å². The maximum absolute atomic E-state index is 12.8. The number of amides is 2. The van der Waals surface area contributed by atoms with Gasteiger partial charge in [-0.25, -0.2) is 13.6 Å². The summed E-state index contributed by atoms with van der Waals surface area (Å²) in [6.07, 6.45) is -4.37. The molecule has 0 unspecified atom stereocenters. The largest absolute Gasteiger partial charge is 0.487 e. The number of benzene rings is 1. The van der Waals surface area contributed by atoms with Crippen LogP contribution in [0.4, 0.5) is 28.0 Å². The van der Waals surface area contributed by atoms with Crippen molar-refractivity contribution >= 4 is 11.7 Å². The lowest BCUT2D eigenvalue weighted by Crippen LogP contribution is -2.37. The molecular weight excluding hydrogens is 360 g/mol. The SMILES string of the molecule is CCOC(CNC(=O)Nc1ccc(OCC(F)(F)C(F)F)cc1)OCC. The Kier molecular flexibility index (Phi) is 9.14. The molecule has 2 N–H and O–H groups in total. The number of urea groups is 1. The van der Waals surface area contributed by atoms with Crippen LogP contribution in [0.3, 0.4) is 0 Å². The lowest BCUT2D eigenvalue weighted by atomic mass is 10.3. The van der Waals surface area contributed by atoms with Crippen LogP contribution in [0.15, 0.2) is 24.3 Å². The van der Waals surface area contributed by atoms with Crippen LogP contribution in [0, 0.1) is 0 Å². The molecule has 0 bridgehead atoms. The summed E-state index contributed by atoms with van der Waals surface area (Å²) in [6.45, 7) is 3.16. The van der Waals surface area contributed by atoms with E-state index in [0.717, 1.165) is 0 Å². The van der Waals surface area contributed by atoms with E-state index in [1.54, 1.807) is 13.8 Å². The van der Waals surface area contributed by atoms with E-state index in [9.17, 15) is 22.4 Å². The van der Waals surface area contributed by atoms with Crippen LogP contribution in [-0.2, 0) is 9.47 Å². The van der Waals surface area contributed by atoms with Gasteiger partial charge in [0.15, 0.2) is 12.9 Å². The minimum absolute atomic E-state index is 0.0240. The molecule has 1 aromatic carbocycles. The van der Waals surface area contributed by atoms with Gasteiger partial charge < -0.3 is 24.8 Å². The average molecular weight is 382 g/mol. The van der Waals surface area contributed by atoms with Crippen molar-refractivity contribution in [1.82, 2.24) is 5.32 Å². The van der Waals surface area contributed by atoms with E-state index >= 15 is 0 Å². The molecule has 2 amide bonds. The highest BCUT2D eigenvalue weighted by Crippen LogP contribution is 2.24. The summed E-state index contributed by atoms with van der Waals surface area (Å²) in [5.74, 6) is -4.25. The monoisotopic (exact) mass is 382 g/mol. The Labute approximate surface area is 148 Å². The van der Waals surface area contributed by atoms with Crippen LogP contribution >= 0.6 is 0 Å². The van der Waals surface area contributed by atoms with Gasteiger partial charge in [-0.1, -0.05) is 0 Å². The molecule has 0 atom stereocenters. The smallest absolute Gasteiger partial charge is 0.340 e. The zero-order valence-electron chi connectivity index (χ0n) is 14.4. The number of anilines is 1. The third kappa shape index (κ3) is 7.87. The molecule has 0 aliphatic carbocycles. The fourth-order valence-electron chi connectivity index (χ4n) is 1.77. The first-order valence-electron chi connectivity index (χ1n) is 7.95. The molecule has 10 heteroatoms. The molecule has 0 fully saturated rings. The van der Waals surface area contributed by atoms with Gasteiger partial charge in [0.05, 0.1) is 6.54 Å². The first-order valence-corrected chi connectivity index (χ1v) is 7.95. The topological polar surface area (TPSA) is 68.8 Å². The first kappa shape index (κ1) is 22.0. The highest BCUT2D eigenvalue weighted by atomic mass is 19.3. The van der Waals surface area contributed by atoms with Gasteiger partial charge in [-0.05, 0) is 38.1 Å². The summed E-state index contributed by atoms with van der Waals surface area (Å²) >= 11 is 0. The standard InChI is InChI=1S/C16H22F4N2O4/c1-3-24-13(25-4-2)9-21-15(23)22-11-5-7-12(8-6-11)26-10-16(19,20)14(17)18/h5-8,13-14H,3-4,9-10H2,1-2H3,(H2,21,22,23). The Morgan fingerprint density at radius 1 is 1.12 bits per heavy atom. The van der Waals surface area contributed by atoms with Crippen LogP contribution in [-0.4, -0.2) is 51.0 Å². The molecule has 0 saturated heterocycles. The maximum Gasteiger partial charge on any atom is 0.340 e. The summed E-state index contributed by atoms with van der Waals surface area (Å²) in [5.41, 5.74) is 0.361. The third-order valence-corrected chi connectivity index (χ3v) is 3.00. The number of hydrogen-bond acceptors (Lipinski definition) is 4. The Morgan fingerprint density at radius 3 is 2.19 bits per heavy atom. The Hall–Kier alpha value is -2.07. The second-order valence-electron chi connectivity index (χ2n) is 5.05. The highest BCUT2D eigenvalue weighted by Gasteiger charge is 2.41. The number of rotatable bonds is 11. The van der Waals surface area contributed by atoms with Gasteiger partial charge in [-0.15, -0.1) is 0 Å². The minimum Gasteiger partial charge on any atom is -0.487 e. The van der Waals surface area contributed by atoms with Crippen LogP contribution in [0.1, 0.15) is 13.8 Å². The van der Waals surface area contributed by atoms with Crippen molar-refractivity contribution in [2.45, 2.75) is 32.5 Å². The minimum atomic E-state index is -4.23. The number of nitrogens with one attached hydrogen (secondary N) is 2. The van der Waals surface area contributed by atoms with Crippen LogP contribution in [0.25, 0.3) is 0 Å². The van der Waals surface area contributed by atoms with Gasteiger partial charge in [0, 0.05) is 18.9 Å². The van der Waals surface area contributed by atoms with E-state index in [1.165, 1.54) is 24.3 Å². The molecule has 0 aromatic heterocycles. The summed E-state index contributed by atoms with van der Waals surface area (Å²) in [5, 5.41) is 5.07. The Balaban J connectivity index is 2.45. The fourth-order valence-corrected chi connectivity index (χ4v) is 1.77. The van der Waals surface area contributed by atoms with E-state index in [2.05, 4.69) is 15.4 Å². The number of carbonyl (C=O) groups is 1. The molecule has 0 spiro atoms. The van der Waals surface area contributed by atoms with Crippen molar-refractivity contribution in [2.75, 3.05) is 31.7 Å². The average Bonchev–Trinajstić information content (AvgIpc) is 2.59. The van der Waals surface area contributed by atoms with Gasteiger partial charge in [-0.2, -0.15) is 8.78 Å². The molecular formula is C16H22F4N2O4. The van der Waals surface area contributed by atoms with Crippen molar-refractivity contribution in [3.05, 3.63) is 24.3 Å². The molecule has 1 rings (SSSR count). The van der Waals surface area contributed by atoms with E-state index in [0.29, 0.717) is 18.9 Å². The zero-order valence-corrected chi connectivity index (χ0v) is 14.4. The molecule has 1 aromatic rings. The van der Waals surface area contributed by atoms with Gasteiger partial charge in [0.1, 0.15) is 5.75 Å². The number of halogens is 4. The van der Waals surface area contributed by atoms with Gasteiger partial charge >= 0.3 is 18.4 Å². The van der Waals surface area contributed by atoms with Crippen molar-refractivity contribution < 1.29 is 36.6 Å². The molecule has 0 radical (unpaired) electrons. The first-order chi connectivity index (χ1) is 12.3. The van der Waals surface area contributed by atoms with Gasteiger partial charge in [-0.3, -0.25) is 0 Å². The lowest BCUT2D eigenvalue weighted by Gasteiger charge is -2.18. The third-order valence-electron chi connectivity index (χ3n) is 3.00. The number of hydrogen-bond donors (Lipinski definition) is 2. The molecule has 0 aliphatic heterocycles. The molecule has 6 nitrogen and oxygen atoms in total. The molecule has 148 valence electrons. The maximum atomic E-state index is 12.8. The van der Waals surface area contributed by atoms with Crippen molar-refractivity contribution in [1.29, 1.82) is 0 Å². The summed E-state index contributed by atoms with van der Waals surface area (Å²) in [4.78, 5) is 11.8. The van der Waals surface area contributed by atoms with Gasteiger partial charge in [0.2, 0.25) is 0 Å². The molecule has 26 heavy (non-hydrogen) atoms. The van der Waals surface area contributed by atoms with Gasteiger partial charge in [0.25, 0.3) is 0 Å². The number of alkyl halides is 4. The second kappa shape index (κ2) is 10.8. The summed E-state index contributed by atoms with van der Waals surface area (Å²) in [6, 6.07) is 4.81. The predicted octanol–water partition coefficient (Wildman–Crippen LogP) is 3.49. The fraction of sp³-hybridized carbons (Fsp3) is 0.562. The zero-order chi connectivity index (χ0) is 19.6. The molecule has 0 saturated carbocycles. The number of ether oxygens (including phenoxy) is 3. The highest BCUT2D eigenvalue weighted by molar-refractivity contribution is 5.89. The Bertz CT molecular complexity index is 538. The van der Waals surface area contributed by atoms with Crippen LogP contribution in [0.5, 0.6) is 5.75 Å². The summed E-state index contributed by atoms with van der Waals surface area (Å²) < 4.78 is 64.8. The molecule has 0 heterocycles. The number of carbonyl (C=O) groups excluding carboxylic acids is 1. The van der Waals surface area contributed by atoms with Crippen LogP contribution in [0.2, 0.25) is 0 Å². The van der Waals surface area contributed by atoms with Crippen molar-refractivity contribution in [3.8, 4) is 5.75 Å². The second-order valence-corrected chi connectivity index (χ2v) is 5.05. The van der Waals surface area contributed by atoms with E-state index in [4.69, 9.17) is 9.47 Å². The van der Waals surface area contributed by atoms with Crippen molar-refractivity contribution in [2.24, 2.45) is 0 Å². The van der Waals surface area contributed by atoms with Crippen molar-refractivity contribution in [3.63, 3.8) is 0 Å². The lowest BCUT2D eigenvalue weighted by molar-refractivity contribution is -0.148. The Morgan fingerprint density at radius 2 is 1.69 bits per heavy atom. The normalized spacial score (nSPS) is 11.7. The quantitative estimate of drug-likeness (QED) is 0.454. The predicted molar refractivity (Wildman–Crippen MR) is 86.9 cm³/mol. The summed E-state index contributed by atoms with van der Waals surface area (Å²) in [7, 11) is 0. The van der Waals surface area contributed by atoms with E-state index in [-0.39, 0.29) is 12.3 Å². The van der Waals surface area contributed by atoms with Crippen LogP contribution < -0.4 is 15.4 Å². The van der Waals surface area contributed by atoms with E-state index in [1.807, 2.05) is 0 Å². The molecule has 0 aliphatic rings.